The number of halogens is 2. The molecule has 0 saturated heterocycles. The van der Waals surface area contributed by atoms with Crippen molar-refractivity contribution in [3.8, 4) is 5.75 Å². The zero-order valence-electron chi connectivity index (χ0n) is 7.44. The Hall–Kier alpha value is -0.930. The third-order valence-corrected chi connectivity index (χ3v) is 2.31. The van der Waals surface area contributed by atoms with Crippen LogP contribution in [0.3, 0.4) is 0 Å². The van der Waals surface area contributed by atoms with Gasteiger partial charge >= 0.3 is 7.91 Å². The second kappa shape index (κ2) is 4.53. The molecule has 0 fully saturated rings. The lowest BCUT2D eigenvalue weighted by Gasteiger charge is -2.09. The molecule has 6 heteroatoms. The zero-order chi connectivity index (χ0) is 10.6. The molecule has 1 atom stereocenters. The Morgan fingerprint density at radius 2 is 2.07 bits per heavy atom. The summed E-state index contributed by atoms with van der Waals surface area (Å²) in [5.41, 5.74) is 0. The molecular formula is C8H9F2O3P. The Morgan fingerprint density at radius 1 is 1.43 bits per heavy atom. The van der Waals surface area contributed by atoms with Crippen LogP contribution in [0, 0.1) is 5.82 Å². The van der Waals surface area contributed by atoms with Gasteiger partial charge in [0, 0.05) is 0 Å². The van der Waals surface area contributed by atoms with Gasteiger partial charge < -0.3 is 4.52 Å². The van der Waals surface area contributed by atoms with Gasteiger partial charge in [-0.3, -0.25) is 4.52 Å². The number of rotatable bonds is 4. The lowest BCUT2D eigenvalue weighted by atomic mass is 10.3. The molecule has 1 unspecified atom stereocenters. The smallest absolute Gasteiger partial charge is 0.398 e. The van der Waals surface area contributed by atoms with Crippen LogP contribution in [0.4, 0.5) is 8.59 Å². The van der Waals surface area contributed by atoms with Crippen molar-refractivity contribution < 1.29 is 22.2 Å². The van der Waals surface area contributed by atoms with E-state index >= 15 is 0 Å². The van der Waals surface area contributed by atoms with Crippen molar-refractivity contribution in [2.75, 3.05) is 6.61 Å². The maximum absolute atomic E-state index is 12.9. The van der Waals surface area contributed by atoms with Crippen LogP contribution < -0.4 is 4.52 Å². The Morgan fingerprint density at radius 3 is 2.64 bits per heavy atom. The largest absolute Gasteiger partial charge is 0.569 e. The first-order chi connectivity index (χ1) is 6.55. The molecule has 1 rings (SSSR count). The average Bonchev–Trinajstić information content (AvgIpc) is 2.08. The van der Waals surface area contributed by atoms with Crippen molar-refractivity contribution in [1.82, 2.24) is 0 Å². The van der Waals surface area contributed by atoms with Gasteiger partial charge in [0.25, 0.3) is 0 Å². The quantitative estimate of drug-likeness (QED) is 0.733. The second-order valence-corrected chi connectivity index (χ2v) is 3.67. The maximum atomic E-state index is 12.9. The van der Waals surface area contributed by atoms with E-state index in [2.05, 4.69) is 9.05 Å². The summed E-state index contributed by atoms with van der Waals surface area (Å²) in [4.78, 5) is 0. The van der Waals surface area contributed by atoms with Gasteiger partial charge in [-0.05, 0) is 19.1 Å². The van der Waals surface area contributed by atoms with Crippen LogP contribution in [0.2, 0.25) is 0 Å². The summed E-state index contributed by atoms with van der Waals surface area (Å²) in [5.74, 6) is -1.21. The molecule has 0 saturated carbocycles. The third kappa shape index (κ3) is 3.09. The van der Waals surface area contributed by atoms with E-state index in [0.717, 1.165) is 6.07 Å². The molecule has 0 heterocycles. The molecule has 0 aromatic heterocycles. The van der Waals surface area contributed by atoms with Gasteiger partial charge in [-0.15, -0.1) is 4.20 Å². The van der Waals surface area contributed by atoms with Crippen molar-refractivity contribution in [3.63, 3.8) is 0 Å². The molecule has 1 aromatic rings. The van der Waals surface area contributed by atoms with Crippen molar-refractivity contribution in [2.45, 2.75) is 6.92 Å². The average molecular weight is 222 g/mol. The lowest BCUT2D eigenvalue weighted by molar-refractivity contribution is 0.241. The summed E-state index contributed by atoms with van der Waals surface area (Å²) >= 11 is 0. The molecule has 1 aromatic carbocycles. The highest BCUT2D eigenvalue weighted by Crippen LogP contribution is 2.50. The number of hydrogen-bond donors (Lipinski definition) is 0. The number of benzene rings is 1. The molecular weight excluding hydrogens is 213 g/mol. The minimum absolute atomic E-state index is 0.109. The standard InChI is InChI=1S/C8H9F2O3P/c1-2-12-14(10,11)13-8-6-4-3-5-7(8)9/h3-6H,2H2,1H3. The summed E-state index contributed by atoms with van der Waals surface area (Å²) in [6, 6.07) is 5.08. The molecule has 0 aliphatic heterocycles. The molecule has 0 amide bonds. The van der Waals surface area contributed by atoms with E-state index in [1.165, 1.54) is 25.1 Å². The fourth-order valence-electron chi connectivity index (χ4n) is 0.817. The van der Waals surface area contributed by atoms with Crippen LogP contribution in [0.25, 0.3) is 0 Å². The van der Waals surface area contributed by atoms with Gasteiger partial charge in [0.1, 0.15) is 0 Å². The van der Waals surface area contributed by atoms with E-state index in [9.17, 15) is 13.2 Å². The molecule has 14 heavy (non-hydrogen) atoms. The van der Waals surface area contributed by atoms with Crippen molar-refractivity contribution in [3.05, 3.63) is 30.1 Å². The fourth-order valence-corrected chi connectivity index (χ4v) is 1.56. The molecule has 0 radical (unpaired) electrons. The Kier molecular flexibility index (Phi) is 3.61. The van der Waals surface area contributed by atoms with E-state index < -0.39 is 19.5 Å². The van der Waals surface area contributed by atoms with Gasteiger partial charge in [0.15, 0.2) is 11.6 Å². The van der Waals surface area contributed by atoms with Crippen LogP contribution >= 0.6 is 7.91 Å². The van der Waals surface area contributed by atoms with Crippen LogP contribution in [-0.4, -0.2) is 6.61 Å². The number of para-hydroxylation sites is 1. The monoisotopic (exact) mass is 222 g/mol. The van der Waals surface area contributed by atoms with E-state index in [-0.39, 0.29) is 6.61 Å². The minimum Gasteiger partial charge on any atom is -0.398 e. The molecule has 0 aliphatic rings. The summed E-state index contributed by atoms with van der Waals surface area (Å²) in [6.45, 7) is 1.35. The molecule has 0 N–H and O–H groups in total. The molecule has 0 bridgehead atoms. The van der Waals surface area contributed by atoms with Gasteiger partial charge in [-0.1, -0.05) is 12.1 Å². The second-order valence-electron chi connectivity index (χ2n) is 2.37. The lowest BCUT2D eigenvalue weighted by Crippen LogP contribution is -1.94. The van der Waals surface area contributed by atoms with Gasteiger partial charge in [0.05, 0.1) is 6.61 Å². The Balaban J connectivity index is 2.78. The molecule has 0 aliphatic carbocycles. The summed E-state index contributed by atoms with van der Waals surface area (Å²) in [6.07, 6.45) is 0. The highest BCUT2D eigenvalue weighted by Gasteiger charge is 2.26. The predicted molar refractivity (Wildman–Crippen MR) is 47.4 cm³/mol. The summed E-state index contributed by atoms with van der Waals surface area (Å²) in [5, 5.41) is 0. The van der Waals surface area contributed by atoms with Gasteiger partial charge in [-0.2, -0.15) is 0 Å². The van der Waals surface area contributed by atoms with E-state index in [1.807, 2.05) is 0 Å². The summed E-state index contributed by atoms with van der Waals surface area (Å²) < 4.78 is 45.1. The Bertz CT molecular complexity index is 356. The van der Waals surface area contributed by atoms with Crippen LogP contribution in [0.15, 0.2) is 24.3 Å². The first-order valence-corrected chi connectivity index (χ1v) is 5.37. The third-order valence-electron chi connectivity index (χ3n) is 1.33. The summed E-state index contributed by atoms with van der Waals surface area (Å²) in [7, 11) is -4.68. The van der Waals surface area contributed by atoms with Crippen molar-refractivity contribution >= 4 is 7.91 Å². The predicted octanol–water partition coefficient (Wildman–Crippen LogP) is 3.32. The molecule has 3 nitrogen and oxygen atoms in total. The normalized spacial score (nSPS) is 14.8. The highest BCUT2D eigenvalue weighted by molar-refractivity contribution is 7.48. The van der Waals surface area contributed by atoms with Crippen molar-refractivity contribution in [2.24, 2.45) is 0 Å². The first-order valence-electron chi connectivity index (χ1n) is 3.93. The molecule has 78 valence electrons. The Labute approximate surface area is 80.3 Å². The first kappa shape index (κ1) is 11.1. The SMILES string of the molecule is CCOP(=O)(F)Oc1ccccc1F. The topological polar surface area (TPSA) is 35.5 Å². The van der Waals surface area contributed by atoms with E-state index in [1.54, 1.807) is 0 Å². The van der Waals surface area contributed by atoms with Crippen LogP contribution in [-0.2, 0) is 9.09 Å². The zero-order valence-corrected chi connectivity index (χ0v) is 8.34. The number of hydrogen-bond acceptors (Lipinski definition) is 3. The minimum atomic E-state index is -4.68. The van der Waals surface area contributed by atoms with E-state index in [4.69, 9.17) is 0 Å². The van der Waals surface area contributed by atoms with Gasteiger partial charge in [0.2, 0.25) is 0 Å². The van der Waals surface area contributed by atoms with E-state index in [0.29, 0.717) is 0 Å². The van der Waals surface area contributed by atoms with Crippen molar-refractivity contribution in [1.29, 1.82) is 0 Å². The van der Waals surface area contributed by atoms with Gasteiger partial charge in [-0.25, -0.2) is 8.96 Å². The van der Waals surface area contributed by atoms with Crippen LogP contribution in [0.5, 0.6) is 5.75 Å². The fraction of sp³-hybridized carbons (Fsp3) is 0.250. The maximum Gasteiger partial charge on any atom is 0.569 e. The van der Waals surface area contributed by atoms with Crippen LogP contribution in [0.1, 0.15) is 6.92 Å². The highest BCUT2D eigenvalue weighted by atomic mass is 31.2. The molecule has 0 spiro atoms.